The zero-order valence-corrected chi connectivity index (χ0v) is 37.2. The number of ether oxygens (including phenoxy) is 2. The van der Waals surface area contributed by atoms with Crippen LogP contribution in [0.1, 0.15) is 109 Å². The van der Waals surface area contributed by atoms with E-state index in [1.807, 2.05) is 78.0 Å². The number of nitrogens with one attached hydrogen (secondary N) is 4. The molecule has 338 valence electrons. The number of aromatic nitrogens is 4. The number of H-pyrrole nitrogens is 2. The SMILES string of the molecule is COC(=O)N[C@H](C(=O)N1CCC[C@H]1c1ncc(-c2ccc(-c3ccc(-c4cnc([C@@H]5CCCN5C(=O)[C@@H](NC(=O)OC)c5ccccc5)[nH]4)c4c3C3CCC4N3C)cc2)[nH]1)c1ccccc1. The van der Waals surface area contributed by atoms with E-state index in [2.05, 4.69) is 68.9 Å². The smallest absolute Gasteiger partial charge is 0.407 e. The average Bonchev–Trinajstić information content (AvgIpc) is 4.24. The van der Waals surface area contributed by atoms with Gasteiger partial charge in [-0.1, -0.05) is 97.1 Å². The van der Waals surface area contributed by atoms with E-state index in [9.17, 15) is 19.2 Å². The Balaban J connectivity index is 0.889. The molecule has 4 aliphatic heterocycles. The number of benzene rings is 4. The molecule has 6 atom stereocenters. The molecule has 0 spiro atoms. The molecule has 4 N–H and O–H groups in total. The summed E-state index contributed by atoms with van der Waals surface area (Å²) in [7, 11) is 4.80. The number of hydrogen-bond donors (Lipinski definition) is 4. The maximum Gasteiger partial charge on any atom is 0.407 e. The van der Waals surface area contributed by atoms with Crippen LogP contribution in [-0.4, -0.2) is 93.0 Å². The maximum atomic E-state index is 14.2. The van der Waals surface area contributed by atoms with Gasteiger partial charge in [0, 0.05) is 30.7 Å². The summed E-state index contributed by atoms with van der Waals surface area (Å²) >= 11 is 0. The van der Waals surface area contributed by atoms with Crippen LogP contribution < -0.4 is 10.6 Å². The van der Waals surface area contributed by atoms with E-state index in [1.54, 1.807) is 4.90 Å². The van der Waals surface area contributed by atoms with Crippen molar-refractivity contribution in [3.05, 3.63) is 143 Å². The number of rotatable bonds is 11. The van der Waals surface area contributed by atoms with Crippen molar-refractivity contribution in [2.45, 2.75) is 74.8 Å². The molecule has 2 aromatic heterocycles. The van der Waals surface area contributed by atoms with Gasteiger partial charge < -0.3 is 39.9 Å². The quantitative estimate of drug-likeness (QED) is 0.0994. The Kier molecular flexibility index (Phi) is 11.6. The monoisotopic (exact) mass is 887 g/mol. The third-order valence-corrected chi connectivity index (χ3v) is 14.0. The molecular weight excluding hydrogens is 835 g/mol. The third-order valence-electron chi connectivity index (χ3n) is 14.0. The first kappa shape index (κ1) is 42.7. The van der Waals surface area contributed by atoms with Gasteiger partial charge in [0.2, 0.25) is 0 Å². The molecule has 0 aliphatic carbocycles. The number of amides is 4. The van der Waals surface area contributed by atoms with Crippen LogP contribution in [0.4, 0.5) is 9.59 Å². The lowest BCUT2D eigenvalue weighted by molar-refractivity contribution is -0.135. The molecule has 0 radical (unpaired) electrons. The van der Waals surface area contributed by atoms with Crippen LogP contribution in [0, 0.1) is 0 Å². The Hall–Kier alpha value is -7.26. The number of carbonyl (C=O) groups is 4. The van der Waals surface area contributed by atoms with Crippen molar-refractivity contribution in [1.82, 2.24) is 45.3 Å². The zero-order valence-electron chi connectivity index (χ0n) is 37.2. The molecule has 15 heteroatoms. The fourth-order valence-electron chi connectivity index (χ4n) is 10.8. The summed E-state index contributed by atoms with van der Waals surface area (Å²) in [6.45, 7) is 1.10. The summed E-state index contributed by atoms with van der Waals surface area (Å²) in [6, 6.07) is 29.7. The summed E-state index contributed by atoms with van der Waals surface area (Å²) in [5.41, 5.74) is 10.2. The van der Waals surface area contributed by atoms with Crippen molar-refractivity contribution in [3.63, 3.8) is 0 Å². The molecule has 66 heavy (non-hydrogen) atoms. The van der Waals surface area contributed by atoms with Gasteiger partial charge in [-0.25, -0.2) is 19.6 Å². The number of methoxy groups -OCH3 is 2. The van der Waals surface area contributed by atoms with Crippen molar-refractivity contribution >= 4 is 24.0 Å². The van der Waals surface area contributed by atoms with Crippen molar-refractivity contribution < 1.29 is 28.7 Å². The van der Waals surface area contributed by atoms with E-state index in [4.69, 9.17) is 19.4 Å². The lowest BCUT2D eigenvalue weighted by atomic mass is 9.82. The number of fused-ring (bicyclic) bond motifs is 5. The molecule has 0 saturated carbocycles. The summed E-state index contributed by atoms with van der Waals surface area (Å²) < 4.78 is 9.75. The average molecular weight is 888 g/mol. The molecule has 3 saturated heterocycles. The maximum absolute atomic E-state index is 14.2. The van der Waals surface area contributed by atoms with E-state index in [-0.39, 0.29) is 29.9 Å². The number of hydrogen-bond acceptors (Lipinski definition) is 9. The van der Waals surface area contributed by atoms with E-state index >= 15 is 0 Å². The summed E-state index contributed by atoms with van der Waals surface area (Å²) in [6.07, 6.45) is 7.68. The largest absolute Gasteiger partial charge is 0.453 e. The number of imidazole rings is 2. The summed E-state index contributed by atoms with van der Waals surface area (Å²) in [4.78, 5) is 75.9. The number of carbonyl (C=O) groups excluding carboxylic acids is 4. The fraction of sp³-hybridized carbons (Fsp3) is 0.333. The van der Waals surface area contributed by atoms with Crippen molar-refractivity contribution in [2.24, 2.45) is 0 Å². The summed E-state index contributed by atoms with van der Waals surface area (Å²) in [5, 5.41) is 5.49. The molecule has 4 aromatic carbocycles. The van der Waals surface area contributed by atoms with Crippen LogP contribution in [0.2, 0.25) is 0 Å². The Labute approximate surface area is 382 Å². The minimum Gasteiger partial charge on any atom is -0.453 e. The number of likely N-dealkylation sites (tertiary alicyclic amines) is 2. The number of alkyl carbamates (subject to hydrolysis) is 2. The van der Waals surface area contributed by atoms with Gasteiger partial charge in [-0.3, -0.25) is 14.5 Å². The number of nitrogens with zero attached hydrogens (tertiary/aromatic N) is 5. The van der Waals surface area contributed by atoms with E-state index < -0.39 is 24.3 Å². The minimum atomic E-state index is -0.889. The second kappa shape index (κ2) is 18.0. The van der Waals surface area contributed by atoms with Crippen molar-refractivity contribution in [3.8, 4) is 33.6 Å². The van der Waals surface area contributed by atoms with Crippen molar-refractivity contribution in [2.75, 3.05) is 34.4 Å². The first-order chi connectivity index (χ1) is 32.2. The molecule has 2 unspecified atom stereocenters. The zero-order chi connectivity index (χ0) is 45.5. The Morgan fingerprint density at radius 2 is 1.03 bits per heavy atom. The molecule has 3 fully saturated rings. The van der Waals surface area contributed by atoms with Crippen molar-refractivity contribution in [1.29, 1.82) is 0 Å². The van der Waals surface area contributed by atoms with E-state index in [0.29, 0.717) is 36.1 Å². The predicted octanol–water partition coefficient (Wildman–Crippen LogP) is 8.48. The molecule has 4 aliphatic rings. The lowest BCUT2D eigenvalue weighted by Crippen LogP contribution is -2.42. The molecule has 10 rings (SSSR count). The highest BCUT2D eigenvalue weighted by molar-refractivity contribution is 5.88. The molecule has 15 nitrogen and oxygen atoms in total. The van der Waals surface area contributed by atoms with Crippen LogP contribution in [0.15, 0.2) is 109 Å². The normalized spacial score (nSPS) is 20.8. The van der Waals surface area contributed by atoms with Crippen LogP contribution >= 0.6 is 0 Å². The highest BCUT2D eigenvalue weighted by Crippen LogP contribution is 2.57. The second-order valence-corrected chi connectivity index (χ2v) is 17.5. The Morgan fingerprint density at radius 1 is 0.576 bits per heavy atom. The first-order valence-electron chi connectivity index (χ1n) is 22.7. The van der Waals surface area contributed by atoms with Gasteiger partial charge in [0.15, 0.2) is 0 Å². The van der Waals surface area contributed by atoms with E-state index in [0.717, 1.165) is 72.4 Å². The van der Waals surface area contributed by atoms with Gasteiger partial charge in [0.25, 0.3) is 11.8 Å². The minimum absolute atomic E-state index is 0.203. The predicted molar refractivity (Wildman–Crippen MR) is 246 cm³/mol. The second-order valence-electron chi connectivity index (χ2n) is 17.5. The first-order valence-corrected chi connectivity index (χ1v) is 22.7. The highest BCUT2D eigenvalue weighted by atomic mass is 16.5. The van der Waals surface area contributed by atoms with Crippen LogP contribution in [0.5, 0.6) is 0 Å². The van der Waals surface area contributed by atoms with E-state index in [1.165, 1.54) is 30.9 Å². The van der Waals surface area contributed by atoms with Crippen LogP contribution in [0.3, 0.4) is 0 Å². The Morgan fingerprint density at radius 3 is 1.55 bits per heavy atom. The fourth-order valence-corrected chi connectivity index (χ4v) is 10.8. The van der Waals surface area contributed by atoms with Crippen LogP contribution in [-0.2, 0) is 19.1 Å². The molecule has 2 bridgehead atoms. The number of aromatic amines is 2. The standard InChI is InChI=1S/C51H53N9O6/c1-58-38-24-25-39(58)43-35(37-29-53-47(55-37)41-17-11-27-60(41)49(62)45(57-51(64)66-3)33-14-8-5-9-15-33)23-22-34(42(38)43)30-18-20-31(21-19-30)36-28-52-46(54-36)40-16-10-26-59(40)48(61)44(56-50(63)65-2)32-12-6-4-7-13-32/h4-9,12-15,18-23,28-29,38-41,44-45H,10-11,16-17,24-27H2,1-3H3,(H,52,54)(H,53,55)(H,56,63)(H,57,64)/t38?,39?,40-,41-,44-,45-/m0/s1. The molecule has 6 aromatic rings. The summed E-state index contributed by atoms with van der Waals surface area (Å²) in [5.74, 6) is 1.02. The molecule has 6 heterocycles. The van der Waals surface area contributed by atoms with Gasteiger partial charge in [-0.2, -0.15) is 0 Å². The molecule has 4 amide bonds. The Bertz CT molecular complexity index is 2760. The van der Waals surface area contributed by atoms with Gasteiger partial charge in [-0.15, -0.1) is 0 Å². The highest BCUT2D eigenvalue weighted by Gasteiger charge is 2.45. The van der Waals surface area contributed by atoms with Gasteiger partial charge >= 0.3 is 12.2 Å². The van der Waals surface area contributed by atoms with Gasteiger partial charge in [-0.05, 0) is 84.5 Å². The molecular formula is C51H53N9O6. The van der Waals surface area contributed by atoms with Crippen LogP contribution in [0.25, 0.3) is 33.6 Å². The van der Waals surface area contributed by atoms with Gasteiger partial charge in [0.1, 0.15) is 23.7 Å². The third kappa shape index (κ3) is 7.76. The van der Waals surface area contributed by atoms with Gasteiger partial charge in [0.05, 0.1) is 50.1 Å². The lowest BCUT2D eigenvalue weighted by Gasteiger charge is -2.28. The topological polar surface area (TPSA) is 178 Å².